The Morgan fingerprint density at radius 1 is 1.39 bits per heavy atom. The van der Waals surface area contributed by atoms with Crippen LogP contribution in [-0.4, -0.2) is 23.5 Å². The molecule has 3 rings (SSSR count). The van der Waals surface area contributed by atoms with E-state index in [1.165, 1.54) is 15.8 Å². The number of rotatable bonds is 5. The topological polar surface area (TPSA) is 55.6 Å². The summed E-state index contributed by atoms with van der Waals surface area (Å²) in [6.07, 6.45) is 2.29. The minimum absolute atomic E-state index is 0.114. The first-order chi connectivity index (χ1) is 11.1. The van der Waals surface area contributed by atoms with E-state index in [-0.39, 0.29) is 10.6 Å². The van der Waals surface area contributed by atoms with Crippen LogP contribution in [0.3, 0.4) is 0 Å². The first-order valence-electron chi connectivity index (χ1n) is 7.70. The van der Waals surface area contributed by atoms with Crippen molar-refractivity contribution in [2.45, 2.75) is 32.4 Å². The van der Waals surface area contributed by atoms with Gasteiger partial charge >= 0.3 is 0 Å². The molecule has 0 N–H and O–H groups in total. The van der Waals surface area contributed by atoms with Crippen LogP contribution in [0.15, 0.2) is 30.3 Å². The van der Waals surface area contributed by atoms with E-state index in [4.69, 9.17) is 4.74 Å². The summed E-state index contributed by atoms with van der Waals surface area (Å²) in [5, 5.41) is 11.0. The molecular weight excluding hydrogens is 312 g/mol. The predicted octanol–water partition coefficient (Wildman–Crippen LogP) is 4.31. The maximum Gasteiger partial charge on any atom is 0.270 e. The number of non-ortho nitro benzene ring substituents is 1. The van der Waals surface area contributed by atoms with Gasteiger partial charge < -0.3 is 4.74 Å². The molecule has 1 aliphatic heterocycles. The molecule has 23 heavy (non-hydrogen) atoms. The van der Waals surface area contributed by atoms with Crippen LogP contribution in [0.5, 0.6) is 5.75 Å². The Bertz CT molecular complexity index is 714. The van der Waals surface area contributed by atoms with Gasteiger partial charge in [-0.2, -0.15) is 0 Å². The summed E-state index contributed by atoms with van der Waals surface area (Å²) in [6, 6.07) is 9.57. The van der Waals surface area contributed by atoms with Crippen molar-refractivity contribution in [3.63, 3.8) is 0 Å². The van der Waals surface area contributed by atoms with Gasteiger partial charge in [0.15, 0.2) is 0 Å². The monoisotopic (exact) mass is 332 g/mol. The van der Waals surface area contributed by atoms with Crippen molar-refractivity contribution in [2.24, 2.45) is 0 Å². The molecular formula is C17H20N2O3S. The third-order valence-electron chi connectivity index (χ3n) is 4.30. The number of nitrogens with zero attached hydrogens (tertiary/aromatic N) is 2. The van der Waals surface area contributed by atoms with E-state index in [0.717, 1.165) is 24.9 Å². The summed E-state index contributed by atoms with van der Waals surface area (Å²) in [5.41, 5.74) is 0.991. The normalized spacial score (nSPS) is 18.3. The van der Waals surface area contributed by atoms with Gasteiger partial charge in [0.1, 0.15) is 5.75 Å². The number of aryl methyl sites for hydroxylation is 1. The van der Waals surface area contributed by atoms with Gasteiger partial charge in [-0.15, -0.1) is 11.3 Å². The molecule has 1 saturated heterocycles. The van der Waals surface area contributed by atoms with Gasteiger partial charge in [0, 0.05) is 40.0 Å². The van der Waals surface area contributed by atoms with E-state index in [2.05, 4.69) is 24.0 Å². The molecule has 122 valence electrons. The third kappa shape index (κ3) is 3.38. The fraction of sp³-hybridized carbons (Fsp3) is 0.412. The van der Waals surface area contributed by atoms with Crippen LogP contribution in [0.1, 0.15) is 34.2 Å². The lowest BCUT2D eigenvalue weighted by Gasteiger charge is -2.24. The number of thiophene rings is 1. The zero-order valence-electron chi connectivity index (χ0n) is 13.3. The largest absolute Gasteiger partial charge is 0.496 e. The first kappa shape index (κ1) is 16.0. The van der Waals surface area contributed by atoms with Crippen molar-refractivity contribution >= 4 is 17.0 Å². The molecule has 0 amide bonds. The number of likely N-dealkylation sites (tertiary alicyclic amines) is 1. The van der Waals surface area contributed by atoms with Crippen molar-refractivity contribution in [1.29, 1.82) is 0 Å². The van der Waals surface area contributed by atoms with Crippen molar-refractivity contribution in [3.8, 4) is 5.75 Å². The van der Waals surface area contributed by atoms with Gasteiger partial charge in [-0.25, -0.2) is 0 Å². The van der Waals surface area contributed by atoms with Crippen LogP contribution in [0, 0.1) is 17.0 Å². The summed E-state index contributed by atoms with van der Waals surface area (Å²) in [7, 11) is 1.61. The Hall–Kier alpha value is -1.92. The molecule has 1 aromatic carbocycles. The predicted molar refractivity (Wildman–Crippen MR) is 91.1 cm³/mol. The summed E-state index contributed by atoms with van der Waals surface area (Å²) in [6.45, 7) is 3.80. The highest BCUT2D eigenvalue weighted by Gasteiger charge is 2.28. The molecule has 1 fully saturated rings. The second kappa shape index (κ2) is 6.68. The number of benzene rings is 1. The highest BCUT2D eigenvalue weighted by molar-refractivity contribution is 7.12. The number of hydrogen-bond donors (Lipinski definition) is 0. The average Bonchev–Trinajstić information content (AvgIpc) is 3.15. The highest BCUT2D eigenvalue weighted by Crippen LogP contribution is 2.38. The van der Waals surface area contributed by atoms with Gasteiger partial charge in [-0.1, -0.05) is 0 Å². The number of ether oxygens (including phenoxy) is 1. The van der Waals surface area contributed by atoms with Crippen LogP contribution >= 0.6 is 11.3 Å². The van der Waals surface area contributed by atoms with Gasteiger partial charge in [0.2, 0.25) is 0 Å². The van der Waals surface area contributed by atoms with Crippen LogP contribution in [0.25, 0.3) is 0 Å². The fourth-order valence-electron chi connectivity index (χ4n) is 3.19. The zero-order valence-corrected chi connectivity index (χ0v) is 14.1. The Morgan fingerprint density at radius 3 is 2.87 bits per heavy atom. The summed E-state index contributed by atoms with van der Waals surface area (Å²) < 4.78 is 5.39. The quantitative estimate of drug-likeness (QED) is 0.605. The molecule has 6 heteroatoms. The molecule has 0 spiro atoms. The van der Waals surface area contributed by atoms with E-state index >= 15 is 0 Å². The Kier molecular flexibility index (Phi) is 4.63. The van der Waals surface area contributed by atoms with E-state index < -0.39 is 0 Å². The molecule has 0 aliphatic carbocycles. The standard InChI is InChI=1S/C17H20N2O3S/c1-12-5-8-17(23-12)15-4-3-9-18(15)11-13-10-14(19(20)21)6-7-16(13)22-2/h5-8,10,15H,3-4,9,11H2,1-2H3. The molecule has 0 bridgehead atoms. The molecule has 1 atom stereocenters. The van der Waals surface area contributed by atoms with Crippen molar-refractivity contribution in [2.75, 3.05) is 13.7 Å². The zero-order chi connectivity index (χ0) is 16.4. The van der Waals surface area contributed by atoms with E-state index in [1.807, 2.05) is 11.3 Å². The number of methoxy groups -OCH3 is 1. The summed E-state index contributed by atoms with van der Waals surface area (Å²) in [4.78, 5) is 15.8. The van der Waals surface area contributed by atoms with Crippen LogP contribution in [0.2, 0.25) is 0 Å². The van der Waals surface area contributed by atoms with E-state index in [1.54, 1.807) is 19.2 Å². The Balaban J connectivity index is 1.85. The molecule has 1 aromatic heterocycles. The van der Waals surface area contributed by atoms with Crippen molar-refractivity contribution in [3.05, 3.63) is 55.8 Å². The highest BCUT2D eigenvalue weighted by atomic mass is 32.1. The lowest BCUT2D eigenvalue weighted by molar-refractivity contribution is -0.385. The minimum atomic E-state index is -0.354. The van der Waals surface area contributed by atoms with Gasteiger partial charge in [-0.3, -0.25) is 15.0 Å². The Morgan fingerprint density at radius 2 is 2.22 bits per heavy atom. The van der Waals surface area contributed by atoms with Crippen LogP contribution in [-0.2, 0) is 6.54 Å². The lowest BCUT2D eigenvalue weighted by atomic mass is 10.1. The van der Waals surface area contributed by atoms with E-state index in [0.29, 0.717) is 18.3 Å². The minimum Gasteiger partial charge on any atom is -0.496 e. The number of nitro groups is 1. The summed E-state index contributed by atoms with van der Waals surface area (Å²) in [5.74, 6) is 0.712. The van der Waals surface area contributed by atoms with Gasteiger partial charge in [0.05, 0.1) is 12.0 Å². The maximum atomic E-state index is 11.0. The smallest absolute Gasteiger partial charge is 0.270 e. The molecule has 5 nitrogen and oxygen atoms in total. The molecule has 0 saturated carbocycles. The SMILES string of the molecule is COc1ccc([N+](=O)[O-])cc1CN1CCCC1c1ccc(C)s1. The van der Waals surface area contributed by atoms with Gasteiger partial charge in [0.25, 0.3) is 5.69 Å². The van der Waals surface area contributed by atoms with Gasteiger partial charge in [-0.05, 0) is 44.5 Å². The van der Waals surface area contributed by atoms with Crippen molar-refractivity contribution < 1.29 is 9.66 Å². The van der Waals surface area contributed by atoms with Crippen molar-refractivity contribution in [1.82, 2.24) is 4.90 Å². The van der Waals surface area contributed by atoms with Crippen LogP contribution < -0.4 is 4.74 Å². The molecule has 1 aliphatic rings. The Labute approximate surface area is 139 Å². The second-order valence-corrected chi connectivity index (χ2v) is 7.15. The second-order valence-electron chi connectivity index (χ2n) is 5.83. The fourth-order valence-corrected chi connectivity index (χ4v) is 4.24. The lowest BCUT2D eigenvalue weighted by Crippen LogP contribution is -2.22. The number of nitro benzene ring substituents is 1. The number of hydrogen-bond acceptors (Lipinski definition) is 5. The molecule has 2 aromatic rings. The molecule has 2 heterocycles. The molecule has 1 unspecified atom stereocenters. The average molecular weight is 332 g/mol. The van der Waals surface area contributed by atoms with Crippen LogP contribution in [0.4, 0.5) is 5.69 Å². The summed E-state index contributed by atoms with van der Waals surface area (Å²) >= 11 is 1.84. The van der Waals surface area contributed by atoms with E-state index in [9.17, 15) is 10.1 Å². The maximum absolute atomic E-state index is 11.0. The first-order valence-corrected chi connectivity index (χ1v) is 8.52. The third-order valence-corrected chi connectivity index (χ3v) is 5.40. The molecule has 0 radical (unpaired) electrons.